The van der Waals surface area contributed by atoms with Gasteiger partial charge in [-0.25, -0.2) is 0 Å². The maximum Gasteiger partial charge on any atom is 0.188 e. The highest BCUT2D eigenvalue weighted by Gasteiger charge is 2.67. The molecule has 6 aliphatic rings. The smallest absolute Gasteiger partial charge is 0.188 e. The molecule has 4 heteroatoms. The van der Waals surface area contributed by atoms with E-state index < -0.39 is 11.7 Å². The second-order valence-corrected chi connectivity index (χ2v) is 9.11. The van der Waals surface area contributed by atoms with E-state index in [0.29, 0.717) is 0 Å². The summed E-state index contributed by atoms with van der Waals surface area (Å²) in [6.07, 6.45) is 13.6. The fourth-order valence-corrected chi connectivity index (χ4v) is 6.93. The topological polar surface area (TPSA) is 52.6 Å². The van der Waals surface area contributed by atoms with Crippen LogP contribution in [0.3, 0.4) is 0 Å². The quantitative estimate of drug-likeness (QED) is 0.629. The van der Waals surface area contributed by atoms with E-state index in [1.165, 1.54) is 30.4 Å². The van der Waals surface area contributed by atoms with Crippen LogP contribution >= 0.6 is 0 Å². The Hall–Kier alpha value is -1.52. The molecule has 6 rings (SSSR count). The fourth-order valence-electron chi connectivity index (χ4n) is 6.93. The van der Waals surface area contributed by atoms with Crippen LogP contribution in [0.1, 0.15) is 45.4 Å². The van der Waals surface area contributed by atoms with Gasteiger partial charge in [0.25, 0.3) is 0 Å². The highest BCUT2D eigenvalue weighted by Crippen LogP contribution is 2.65. The second kappa shape index (κ2) is 4.85. The molecule has 0 N–H and O–H groups in total. The molecular weight excluding hydrogens is 328 g/mol. The minimum Gasteiger partial charge on any atom is -0.359 e. The third-order valence-corrected chi connectivity index (χ3v) is 7.98. The van der Waals surface area contributed by atoms with Crippen LogP contribution in [0.4, 0.5) is 0 Å². The first-order valence-electron chi connectivity index (χ1n) is 10.1. The molecule has 2 fully saturated rings. The number of ether oxygens (including phenoxy) is 2. The summed E-state index contributed by atoms with van der Waals surface area (Å²) in [4.78, 5) is 25.4. The molecule has 0 amide bonds. The van der Waals surface area contributed by atoms with Crippen molar-refractivity contribution in [3.8, 4) is 0 Å². The molecular formula is C22H24O4. The molecule has 2 aliphatic carbocycles. The summed E-state index contributed by atoms with van der Waals surface area (Å²) in [6, 6.07) is 0. The highest BCUT2D eigenvalue weighted by molar-refractivity contribution is 6.00. The van der Waals surface area contributed by atoms with E-state index in [1.807, 2.05) is 19.1 Å². The Kier molecular flexibility index (Phi) is 2.89. The van der Waals surface area contributed by atoms with Crippen LogP contribution in [0, 0.1) is 17.3 Å². The van der Waals surface area contributed by atoms with Gasteiger partial charge in [0, 0.05) is 17.3 Å². The maximum atomic E-state index is 12.8. The van der Waals surface area contributed by atoms with E-state index in [0.717, 1.165) is 19.3 Å². The van der Waals surface area contributed by atoms with E-state index in [4.69, 9.17) is 9.47 Å². The van der Waals surface area contributed by atoms with Crippen LogP contribution in [-0.2, 0) is 19.1 Å². The molecule has 4 bridgehead atoms. The van der Waals surface area contributed by atoms with Gasteiger partial charge in [-0.05, 0) is 43.9 Å². The summed E-state index contributed by atoms with van der Waals surface area (Å²) >= 11 is 0. The summed E-state index contributed by atoms with van der Waals surface area (Å²) in [5, 5.41) is 0. The number of hydrogen-bond acceptors (Lipinski definition) is 4. The average Bonchev–Trinajstić information content (AvgIpc) is 3.15. The molecule has 26 heavy (non-hydrogen) atoms. The molecule has 1 spiro atoms. The van der Waals surface area contributed by atoms with Crippen molar-refractivity contribution in [2.24, 2.45) is 17.3 Å². The summed E-state index contributed by atoms with van der Waals surface area (Å²) in [5.41, 5.74) is 1.74. The van der Waals surface area contributed by atoms with E-state index in [9.17, 15) is 9.59 Å². The van der Waals surface area contributed by atoms with Gasteiger partial charge in [-0.15, -0.1) is 0 Å². The lowest BCUT2D eigenvalue weighted by Crippen LogP contribution is -2.54. The Morgan fingerprint density at radius 2 is 1.88 bits per heavy atom. The first-order valence-corrected chi connectivity index (χ1v) is 10.1. The van der Waals surface area contributed by atoms with Crippen molar-refractivity contribution in [2.75, 3.05) is 0 Å². The maximum absolute atomic E-state index is 12.8. The van der Waals surface area contributed by atoms with Gasteiger partial charge in [0.15, 0.2) is 11.6 Å². The molecule has 0 aromatic carbocycles. The monoisotopic (exact) mass is 352 g/mol. The van der Waals surface area contributed by atoms with Crippen LogP contribution in [-0.4, -0.2) is 35.5 Å². The zero-order valence-electron chi connectivity index (χ0n) is 15.1. The predicted octanol–water partition coefficient (Wildman–Crippen LogP) is 3.07. The first-order chi connectivity index (χ1) is 12.5. The van der Waals surface area contributed by atoms with Crippen LogP contribution in [0.5, 0.6) is 0 Å². The lowest BCUT2D eigenvalue weighted by atomic mass is 9.58. The normalized spacial score (nSPS) is 47.5. The molecule has 1 saturated heterocycles. The molecule has 136 valence electrons. The van der Waals surface area contributed by atoms with Gasteiger partial charge in [-0.3, -0.25) is 9.59 Å². The van der Waals surface area contributed by atoms with Crippen molar-refractivity contribution in [3.05, 3.63) is 35.5 Å². The van der Waals surface area contributed by atoms with Crippen LogP contribution in [0.2, 0.25) is 0 Å². The lowest BCUT2D eigenvalue weighted by Gasteiger charge is -2.52. The molecule has 4 nitrogen and oxygen atoms in total. The third-order valence-electron chi connectivity index (χ3n) is 7.98. The van der Waals surface area contributed by atoms with Gasteiger partial charge in [0.05, 0.1) is 12.2 Å². The molecule has 0 aromatic heterocycles. The van der Waals surface area contributed by atoms with E-state index >= 15 is 0 Å². The number of ketones is 2. The van der Waals surface area contributed by atoms with Gasteiger partial charge < -0.3 is 9.47 Å². The fraction of sp³-hybridized carbons (Fsp3) is 0.636. The second-order valence-electron chi connectivity index (χ2n) is 9.11. The molecule has 1 saturated carbocycles. The first kappa shape index (κ1) is 15.5. The van der Waals surface area contributed by atoms with Gasteiger partial charge in [0.1, 0.15) is 11.7 Å². The van der Waals surface area contributed by atoms with Crippen molar-refractivity contribution < 1.29 is 19.1 Å². The summed E-state index contributed by atoms with van der Waals surface area (Å²) in [6.45, 7) is 1.98. The zero-order valence-corrected chi connectivity index (χ0v) is 15.1. The molecule has 0 aromatic rings. The van der Waals surface area contributed by atoms with Crippen molar-refractivity contribution in [1.82, 2.24) is 0 Å². The Balaban J connectivity index is 1.57. The minimum absolute atomic E-state index is 0.0168. The third kappa shape index (κ3) is 1.64. The van der Waals surface area contributed by atoms with E-state index in [2.05, 4.69) is 0 Å². The van der Waals surface area contributed by atoms with Crippen molar-refractivity contribution in [1.29, 1.82) is 0 Å². The van der Waals surface area contributed by atoms with Gasteiger partial charge >= 0.3 is 0 Å². The molecule has 6 atom stereocenters. The number of fused-ring (bicyclic) bond motifs is 11. The van der Waals surface area contributed by atoms with Gasteiger partial charge in [-0.2, -0.15) is 0 Å². The van der Waals surface area contributed by atoms with E-state index in [1.54, 1.807) is 12.2 Å². The number of rotatable bonds is 0. The summed E-state index contributed by atoms with van der Waals surface area (Å²) < 4.78 is 12.6. The largest absolute Gasteiger partial charge is 0.359 e. The van der Waals surface area contributed by atoms with Crippen LogP contribution in [0.25, 0.3) is 0 Å². The molecule has 0 radical (unpaired) electrons. The average molecular weight is 352 g/mol. The van der Waals surface area contributed by atoms with Crippen molar-refractivity contribution in [2.45, 2.75) is 69.4 Å². The number of carbonyl (C=O) groups excluding carboxylic acids is 2. The Morgan fingerprint density at radius 1 is 1.08 bits per heavy atom. The predicted molar refractivity (Wildman–Crippen MR) is 94.4 cm³/mol. The van der Waals surface area contributed by atoms with Gasteiger partial charge in [-0.1, -0.05) is 37.0 Å². The summed E-state index contributed by atoms with van der Waals surface area (Å²) in [5.74, 6) is 0.510. The minimum atomic E-state index is -0.774. The standard InChI is InChI=1S/C22H24O4/c1-21-16(24)7-6-15(26-21)12-11-13-19(18(12)21)22(9-3-2-4-10-22)17-8-5-14(23)20(13)25-17/h5-8,12,15,17-18,20H,2-4,9-11H2,1H3/t12?,15-,17-,18?,20-,21+/m0/s1. The van der Waals surface area contributed by atoms with E-state index in [-0.39, 0.29) is 41.0 Å². The van der Waals surface area contributed by atoms with Crippen LogP contribution in [0.15, 0.2) is 35.5 Å². The Bertz CT molecular complexity index is 812. The number of hydrogen-bond donors (Lipinski definition) is 0. The Morgan fingerprint density at radius 3 is 2.69 bits per heavy atom. The lowest BCUT2D eigenvalue weighted by molar-refractivity contribution is -0.142. The van der Waals surface area contributed by atoms with Crippen molar-refractivity contribution >= 4 is 11.6 Å². The zero-order chi connectivity index (χ0) is 17.7. The van der Waals surface area contributed by atoms with Crippen molar-refractivity contribution in [3.63, 3.8) is 0 Å². The molecule has 2 unspecified atom stereocenters. The van der Waals surface area contributed by atoms with Crippen LogP contribution < -0.4 is 0 Å². The summed E-state index contributed by atoms with van der Waals surface area (Å²) in [7, 11) is 0. The van der Waals surface area contributed by atoms with Gasteiger partial charge in [0.2, 0.25) is 0 Å². The highest BCUT2D eigenvalue weighted by atomic mass is 16.5. The SMILES string of the molecule is C[C@@]12O[C@@H](C=CC1=O)C1CC3=C(C12)C1(CCCCC1)[C@@H]1C=CC(=O)[C@H]3O1. The molecule has 4 aliphatic heterocycles. The Labute approximate surface area is 153 Å². The molecule has 4 heterocycles. The number of carbonyl (C=O) groups is 2.